The highest BCUT2D eigenvalue weighted by Crippen LogP contribution is 2.19. The minimum Gasteiger partial charge on any atom is -0.454 e. The van der Waals surface area contributed by atoms with E-state index in [1.807, 2.05) is 32.0 Å². The molecule has 0 radical (unpaired) electrons. The lowest BCUT2D eigenvalue weighted by atomic mass is 9.96. The lowest BCUT2D eigenvalue weighted by Gasteiger charge is -2.20. The first kappa shape index (κ1) is 18.5. The maximum absolute atomic E-state index is 11.9. The molecule has 1 saturated carbocycles. The average molecular weight is 349 g/mol. The number of nitrogens with one attached hydrogen (secondary N) is 1. The van der Waals surface area contributed by atoms with Gasteiger partial charge in [0, 0.05) is 12.1 Å². The number of ketones is 1. The summed E-state index contributed by atoms with van der Waals surface area (Å²) in [5.41, 5.74) is 2.92. The molecule has 24 heavy (non-hydrogen) atoms. The second-order valence-corrected chi connectivity index (χ2v) is 7.04. The number of carbonyl (C=O) groups is 3. The number of amides is 1. The number of benzene rings is 1. The molecule has 1 aromatic rings. The molecule has 130 valence electrons. The van der Waals surface area contributed by atoms with Gasteiger partial charge < -0.3 is 10.1 Å². The molecule has 6 heteroatoms. The van der Waals surface area contributed by atoms with Crippen molar-refractivity contribution in [3.8, 4) is 0 Å². The molecule has 0 saturated heterocycles. The first-order valence-corrected chi connectivity index (χ1v) is 9.28. The van der Waals surface area contributed by atoms with E-state index in [2.05, 4.69) is 5.32 Å². The van der Waals surface area contributed by atoms with Crippen LogP contribution in [0.4, 0.5) is 5.69 Å². The van der Waals surface area contributed by atoms with Crippen molar-refractivity contribution in [2.45, 2.75) is 45.6 Å². The minimum absolute atomic E-state index is 0.00666. The Balaban J connectivity index is 1.70. The van der Waals surface area contributed by atoms with Crippen LogP contribution in [0.25, 0.3) is 0 Å². The largest absolute Gasteiger partial charge is 0.454 e. The standard InChI is InChI=1S/C18H23NO4S/c1-12-7-8-14(13(2)9-12)19-17(21)10-24-11-18(22)23-16-6-4-3-5-15(16)20/h7-9,16H,3-6,10-11H2,1-2H3,(H,19,21)/t16-/m0/s1. The molecule has 1 fully saturated rings. The predicted octanol–water partition coefficient (Wildman–Crippen LogP) is 3.03. The molecule has 1 aromatic carbocycles. The van der Waals surface area contributed by atoms with Crippen LogP contribution in [0.1, 0.15) is 36.8 Å². The van der Waals surface area contributed by atoms with E-state index >= 15 is 0 Å². The number of esters is 1. The first-order valence-electron chi connectivity index (χ1n) is 8.13. The van der Waals surface area contributed by atoms with E-state index in [-0.39, 0.29) is 23.2 Å². The highest BCUT2D eigenvalue weighted by atomic mass is 32.2. The second-order valence-electron chi connectivity index (χ2n) is 6.05. The molecule has 0 bridgehead atoms. The zero-order valence-corrected chi connectivity index (χ0v) is 14.9. The fourth-order valence-electron chi connectivity index (χ4n) is 2.64. The van der Waals surface area contributed by atoms with Crippen molar-refractivity contribution >= 4 is 35.1 Å². The van der Waals surface area contributed by atoms with Gasteiger partial charge in [0.05, 0.1) is 11.5 Å². The highest BCUT2D eigenvalue weighted by Gasteiger charge is 2.25. The zero-order chi connectivity index (χ0) is 17.5. The van der Waals surface area contributed by atoms with Crippen molar-refractivity contribution in [2.24, 2.45) is 0 Å². The molecule has 1 amide bonds. The van der Waals surface area contributed by atoms with Gasteiger partial charge in [-0.1, -0.05) is 17.7 Å². The maximum Gasteiger partial charge on any atom is 0.316 e. The SMILES string of the molecule is Cc1ccc(NC(=O)CSCC(=O)O[C@H]2CCCCC2=O)c(C)c1. The van der Waals surface area contributed by atoms with Crippen molar-refractivity contribution in [1.29, 1.82) is 0 Å². The van der Waals surface area contributed by atoms with E-state index in [9.17, 15) is 14.4 Å². The molecular formula is C18H23NO4S. The van der Waals surface area contributed by atoms with Crippen LogP contribution < -0.4 is 5.32 Å². The van der Waals surface area contributed by atoms with Gasteiger partial charge in [-0.05, 0) is 44.7 Å². The number of anilines is 1. The van der Waals surface area contributed by atoms with E-state index in [1.54, 1.807) is 0 Å². The lowest BCUT2D eigenvalue weighted by Crippen LogP contribution is -2.30. The van der Waals surface area contributed by atoms with Crippen molar-refractivity contribution in [3.05, 3.63) is 29.3 Å². The summed E-state index contributed by atoms with van der Waals surface area (Å²) < 4.78 is 5.19. The minimum atomic E-state index is -0.587. The number of rotatable bonds is 6. The Bertz CT molecular complexity index is 629. The third-order valence-corrected chi connectivity index (χ3v) is 4.79. The Morgan fingerprint density at radius 2 is 2.04 bits per heavy atom. The van der Waals surface area contributed by atoms with Gasteiger partial charge in [0.2, 0.25) is 5.91 Å². The monoisotopic (exact) mass is 349 g/mol. The molecule has 1 aliphatic rings. The Kier molecular flexibility index (Phi) is 6.85. The summed E-state index contributed by atoms with van der Waals surface area (Å²) >= 11 is 1.19. The number of ether oxygens (including phenoxy) is 1. The molecule has 1 N–H and O–H groups in total. The van der Waals surface area contributed by atoms with E-state index < -0.39 is 12.1 Å². The topological polar surface area (TPSA) is 72.5 Å². The fraction of sp³-hybridized carbons (Fsp3) is 0.500. The number of hydrogen-bond acceptors (Lipinski definition) is 5. The van der Waals surface area contributed by atoms with Crippen LogP contribution in [0.15, 0.2) is 18.2 Å². The second kappa shape index (κ2) is 8.87. The number of carbonyl (C=O) groups excluding carboxylic acids is 3. The summed E-state index contributed by atoms with van der Waals surface area (Å²) in [5, 5.41) is 2.83. The summed E-state index contributed by atoms with van der Waals surface area (Å²) in [6.07, 6.45) is 2.30. The summed E-state index contributed by atoms with van der Waals surface area (Å²) in [7, 11) is 0. The van der Waals surface area contributed by atoms with Crippen molar-refractivity contribution in [3.63, 3.8) is 0 Å². The van der Waals surface area contributed by atoms with E-state index in [1.165, 1.54) is 11.8 Å². The van der Waals surface area contributed by atoms with Crippen molar-refractivity contribution in [2.75, 3.05) is 16.8 Å². The van der Waals surface area contributed by atoms with Gasteiger partial charge in [-0.25, -0.2) is 0 Å². The Hall–Kier alpha value is -1.82. The van der Waals surface area contributed by atoms with Gasteiger partial charge in [0.1, 0.15) is 0 Å². The Morgan fingerprint density at radius 3 is 2.75 bits per heavy atom. The van der Waals surface area contributed by atoms with Gasteiger partial charge >= 0.3 is 5.97 Å². The highest BCUT2D eigenvalue weighted by molar-refractivity contribution is 8.00. The molecule has 5 nitrogen and oxygen atoms in total. The third kappa shape index (κ3) is 5.67. The van der Waals surface area contributed by atoms with Gasteiger partial charge in [-0.3, -0.25) is 14.4 Å². The Morgan fingerprint density at radius 1 is 1.25 bits per heavy atom. The summed E-state index contributed by atoms with van der Waals surface area (Å²) in [6.45, 7) is 3.94. The average Bonchev–Trinajstić information content (AvgIpc) is 2.52. The molecule has 1 aliphatic carbocycles. The van der Waals surface area contributed by atoms with Crippen LogP contribution >= 0.6 is 11.8 Å². The smallest absolute Gasteiger partial charge is 0.316 e. The van der Waals surface area contributed by atoms with Crippen molar-refractivity contribution in [1.82, 2.24) is 0 Å². The first-order chi connectivity index (χ1) is 11.5. The number of thioether (sulfide) groups is 1. The van der Waals surface area contributed by atoms with Crippen LogP contribution in [0, 0.1) is 13.8 Å². The molecule has 1 atom stereocenters. The molecule has 0 unspecified atom stereocenters. The van der Waals surface area contributed by atoms with E-state index in [0.29, 0.717) is 12.8 Å². The number of aryl methyl sites for hydroxylation is 2. The maximum atomic E-state index is 11.9. The normalized spacial score (nSPS) is 17.4. The molecule has 0 spiro atoms. The zero-order valence-electron chi connectivity index (χ0n) is 14.1. The summed E-state index contributed by atoms with van der Waals surface area (Å²) in [6, 6.07) is 5.81. The molecule has 0 aromatic heterocycles. The van der Waals surface area contributed by atoms with Gasteiger partial charge in [-0.2, -0.15) is 0 Å². The lowest BCUT2D eigenvalue weighted by molar-refractivity contribution is -0.154. The number of Topliss-reactive ketones (excluding diaryl/α,β-unsaturated/α-hetero) is 1. The van der Waals surface area contributed by atoms with Gasteiger partial charge in [-0.15, -0.1) is 11.8 Å². The molecule has 0 aliphatic heterocycles. The van der Waals surface area contributed by atoms with E-state index in [4.69, 9.17) is 4.74 Å². The fourth-order valence-corrected chi connectivity index (χ4v) is 3.23. The number of hydrogen-bond donors (Lipinski definition) is 1. The van der Waals surface area contributed by atoms with Crippen LogP contribution in [-0.2, 0) is 19.1 Å². The summed E-state index contributed by atoms with van der Waals surface area (Å²) in [5.74, 6) is -0.342. The predicted molar refractivity (Wildman–Crippen MR) is 95.2 cm³/mol. The molecule has 0 heterocycles. The van der Waals surface area contributed by atoms with Crippen LogP contribution in [-0.4, -0.2) is 35.3 Å². The third-order valence-electron chi connectivity index (χ3n) is 3.88. The van der Waals surface area contributed by atoms with Gasteiger partial charge in [0.15, 0.2) is 11.9 Å². The Labute approximate surface area is 146 Å². The molecule has 2 rings (SSSR count). The van der Waals surface area contributed by atoms with Crippen molar-refractivity contribution < 1.29 is 19.1 Å². The van der Waals surface area contributed by atoms with Crippen LogP contribution in [0.2, 0.25) is 0 Å². The van der Waals surface area contributed by atoms with Crippen LogP contribution in [0.5, 0.6) is 0 Å². The summed E-state index contributed by atoms with van der Waals surface area (Å²) in [4.78, 5) is 35.3. The quantitative estimate of drug-likeness (QED) is 0.799. The van der Waals surface area contributed by atoms with Crippen LogP contribution in [0.3, 0.4) is 0 Å². The van der Waals surface area contributed by atoms with Gasteiger partial charge in [0.25, 0.3) is 0 Å². The molecular weight excluding hydrogens is 326 g/mol. The van der Waals surface area contributed by atoms with E-state index in [0.717, 1.165) is 29.7 Å².